The lowest BCUT2D eigenvalue weighted by molar-refractivity contribution is -0.115. The molecular weight excluding hydrogens is 338 g/mol. The van der Waals surface area contributed by atoms with Gasteiger partial charge in [-0.1, -0.05) is 29.8 Å². The third-order valence-corrected chi connectivity index (χ3v) is 5.23. The Morgan fingerprint density at radius 2 is 1.72 bits per heavy atom. The van der Waals surface area contributed by atoms with E-state index in [-0.39, 0.29) is 29.1 Å². The maximum atomic E-state index is 12.3. The van der Waals surface area contributed by atoms with Crippen molar-refractivity contribution >= 4 is 21.4 Å². The van der Waals surface area contributed by atoms with E-state index in [1.807, 2.05) is 26.8 Å². The summed E-state index contributed by atoms with van der Waals surface area (Å²) in [4.78, 5) is 12.4. The van der Waals surface area contributed by atoms with Crippen LogP contribution in [0.2, 0.25) is 0 Å². The highest BCUT2D eigenvalue weighted by Crippen LogP contribution is 2.25. The van der Waals surface area contributed by atoms with Crippen molar-refractivity contribution in [3.8, 4) is 5.75 Å². The van der Waals surface area contributed by atoms with Gasteiger partial charge in [0.25, 0.3) is 0 Å². The number of amides is 1. The minimum atomic E-state index is -3.49. The molecule has 0 fully saturated rings. The molecule has 0 aromatic heterocycles. The molecule has 0 saturated carbocycles. The van der Waals surface area contributed by atoms with Crippen molar-refractivity contribution in [2.45, 2.75) is 38.2 Å². The number of aryl methyl sites for hydroxylation is 1. The van der Waals surface area contributed by atoms with Crippen LogP contribution in [0.25, 0.3) is 0 Å². The summed E-state index contributed by atoms with van der Waals surface area (Å²) in [5.74, 6) is -0.0440. The summed E-state index contributed by atoms with van der Waals surface area (Å²) >= 11 is 0. The van der Waals surface area contributed by atoms with Crippen LogP contribution in [-0.4, -0.2) is 26.2 Å². The minimum Gasteiger partial charge on any atom is -0.489 e. The lowest BCUT2D eigenvalue weighted by Gasteiger charge is -2.14. The van der Waals surface area contributed by atoms with Gasteiger partial charge >= 0.3 is 0 Å². The van der Waals surface area contributed by atoms with Gasteiger partial charge in [0.2, 0.25) is 5.91 Å². The Bertz CT molecular complexity index is 827. The number of carbonyl (C=O) groups excluding carboxylic acids is 1. The van der Waals surface area contributed by atoms with Gasteiger partial charge in [0, 0.05) is 6.42 Å². The van der Waals surface area contributed by atoms with Gasteiger partial charge in [-0.25, -0.2) is 8.42 Å². The average molecular weight is 361 g/mol. The van der Waals surface area contributed by atoms with Crippen LogP contribution in [0.1, 0.15) is 25.8 Å². The number of nitrogens with one attached hydrogen (secondary N) is 1. The Morgan fingerprint density at radius 1 is 1.08 bits per heavy atom. The molecule has 6 heteroatoms. The molecule has 2 rings (SSSR count). The molecule has 0 heterocycles. The van der Waals surface area contributed by atoms with Gasteiger partial charge in [-0.15, -0.1) is 0 Å². The highest BCUT2D eigenvalue weighted by atomic mass is 32.2. The number of sulfone groups is 1. The maximum absolute atomic E-state index is 12.3. The van der Waals surface area contributed by atoms with Crippen molar-refractivity contribution in [1.82, 2.24) is 0 Å². The molecule has 0 bridgehead atoms. The van der Waals surface area contributed by atoms with Crippen molar-refractivity contribution in [3.05, 3.63) is 54.1 Å². The standard InChI is InChI=1S/C19H23NO4S/c1-14(2)24-18-7-5-4-6-17(18)20-19(21)12-13-25(22,23)16-10-8-15(3)9-11-16/h4-11,14H,12-13H2,1-3H3,(H,20,21). The molecule has 0 unspecified atom stereocenters. The molecule has 1 amide bonds. The van der Waals surface area contributed by atoms with Crippen LogP contribution in [-0.2, 0) is 14.6 Å². The SMILES string of the molecule is Cc1ccc(S(=O)(=O)CCC(=O)Nc2ccccc2OC(C)C)cc1. The number of hydrogen-bond acceptors (Lipinski definition) is 4. The number of para-hydroxylation sites is 2. The number of benzene rings is 2. The van der Waals surface area contributed by atoms with Crippen LogP contribution < -0.4 is 10.1 Å². The second kappa shape index (κ2) is 8.16. The normalized spacial score (nSPS) is 11.4. The monoisotopic (exact) mass is 361 g/mol. The van der Waals surface area contributed by atoms with Crippen molar-refractivity contribution in [2.24, 2.45) is 0 Å². The molecule has 0 aliphatic heterocycles. The van der Waals surface area contributed by atoms with Gasteiger partial charge in [0.05, 0.1) is 22.4 Å². The highest BCUT2D eigenvalue weighted by molar-refractivity contribution is 7.91. The molecule has 1 N–H and O–H groups in total. The van der Waals surface area contributed by atoms with Gasteiger partial charge in [0.15, 0.2) is 9.84 Å². The van der Waals surface area contributed by atoms with Gasteiger partial charge in [-0.2, -0.15) is 0 Å². The Morgan fingerprint density at radius 3 is 2.36 bits per heavy atom. The van der Waals surface area contributed by atoms with Crippen LogP contribution in [0.15, 0.2) is 53.4 Å². The van der Waals surface area contributed by atoms with Crippen LogP contribution >= 0.6 is 0 Å². The minimum absolute atomic E-state index is 0.0278. The van der Waals surface area contributed by atoms with Gasteiger partial charge < -0.3 is 10.1 Å². The number of anilines is 1. The van der Waals surface area contributed by atoms with Gasteiger partial charge in [-0.3, -0.25) is 4.79 Å². The summed E-state index contributed by atoms with van der Waals surface area (Å²) in [6.07, 6.45) is -0.147. The predicted octanol–water partition coefficient (Wildman–Crippen LogP) is 3.58. The fraction of sp³-hybridized carbons (Fsp3) is 0.316. The quantitative estimate of drug-likeness (QED) is 0.818. The van der Waals surface area contributed by atoms with Crippen molar-refractivity contribution in [3.63, 3.8) is 0 Å². The average Bonchev–Trinajstić information content (AvgIpc) is 2.55. The summed E-state index contributed by atoms with van der Waals surface area (Å²) in [6, 6.07) is 13.7. The predicted molar refractivity (Wildman–Crippen MR) is 98.7 cm³/mol. The summed E-state index contributed by atoms with van der Waals surface area (Å²) < 4.78 is 30.3. The number of ether oxygens (including phenoxy) is 1. The van der Waals surface area contributed by atoms with Crippen molar-refractivity contribution in [1.29, 1.82) is 0 Å². The fourth-order valence-electron chi connectivity index (χ4n) is 2.23. The largest absolute Gasteiger partial charge is 0.489 e. The van der Waals surface area contributed by atoms with E-state index in [0.29, 0.717) is 11.4 Å². The van der Waals surface area contributed by atoms with E-state index < -0.39 is 9.84 Å². The third kappa shape index (κ3) is 5.60. The van der Waals surface area contributed by atoms with E-state index in [1.54, 1.807) is 42.5 Å². The zero-order valence-electron chi connectivity index (χ0n) is 14.7. The topological polar surface area (TPSA) is 72.5 Å². The molecule has 2 aromatic rings. The van der Waals surface area contributed by atoms with Crippen LogP contribution in [0.4, 0.5) is 5.69 Å². The first-order valence-electron chi connectivity index (χ1n) is 8.13. The zero-order chi connectivity index (χ0) is 18.4. The lowest BCUT2D eigenvalue weighted by Crippen LogP contribution is -2.18. The molecule has 0 radical (unpaired) electrons. The summed E-state index contributed by atoms with van der Waals surface area (Å²) in [7, 11) is -3.49. The van der Waals surface area contributed by atoms with Crippen LogP contribution in [0.3, 0.4) is 0 Å². The Balaban J connectivity index is 2.00. The number of hydrogen-bond donors (Lipinski definition) is 1. The fourth-order valence-corrected chi connectivity index (χ4v) is 3.47. The van der Waals surface area contributed by atoms with Gasteiger partial charge in [-0.05, 0) is 45.0 Å². The van der Waals surface area contributed by atoms with E-state index in [2.05, 4.69) is 5.32 Å². The molecule has 2 aromatic carbocycles. The number of carbonyl (C=O) groups is 1. The second-order valence-electron chi connectivity index (χ2n) is 6.09. The van der Waals surface area contributed by atoms with Crippen LogP contribution in [0.5, 0.6) is 5.75 Å². The molecule has 5 nitrogen and oxygen atoms in total. The van der Waals surface area contributed by atoms with E-state index in [4.69, 9.17) is 4.74 Å². The van der Waals surface area contributed by atoms with E-state index >= 15 is 0 Å². The highest BCUT2D eigenvalue weighted by Gasteiger charge is 2.17. The molecule has 25 heavy (non-hydrogen) atoms. The van der Waals surface area contributed by atoms with E-state index in [0.717, 1.165) is 5.56 Å². The van der Waals surface area contributed by atoms with Gasteiger partial charge in [0.1, 0.15) is 5.75 Å². The second-order valence-corrected chi connectivity index (χ2v) is 8.20. The Hall–Kier alpha value is -2.34. The van der Waals surface area contributed by atoms with Crippen LogP contribution in [0, 0.1) is 6.92 Å². The molecule has 0 aliphatic carbocycles. The van der Waals surface area contributed by atoms with E-state index in [9.17, 15) is 13.2 Å². The first-order chi connectivity index (χ1) is 11.8. The summed E-state index contributed by atoms with van der Waals surface area (Å²) in [6.45, 7) is 5.68. The maximum Gasteiger partial charge on any atom is 0.225 e. The molecule has 0 aliphatic rings. The lowest BCUT2D eigenvalue weighted by atomic mass is 10.2. The Kier molecular flexibility index (Phi) is 6.20. The molecule has 0 atom stereocenters. The smallest absolute Gasteiger partial charge is 0.225 e. The molecular formula is C19H23NO4S. The molecule has 134 valence electrons. The van der Waals surface area contributed by atoms with Crippen molar-refractivity contribution < 1.29 is 17.9 Å². The first-order valence-corrected chi connectivity index (χ1v) is 9.78. The first kappa shape index (κ1) is 19.0. The summed E-state index contributed by atoms with van der Waals surface area (Å²) in [5.41, 5.74) is 1.52. The summed E-state index contributed by atoms with van der Waals surface area (Å²) in [5, 5.41) is 2.72. The Labute approximate surface area is 148 Å². The molecule has 0 saturated heterocycles. The molecule has 0 spiro atoms. The van der Waals surface area contributed by atoms with Crippen molar-refractivity contribution in [2.75, 3.05) is 11.1 Å². The zero-order valence-corrected chi connectivity index (χ0v) is 15.5. The number of rotatable bonds is 7. The third-order valence-electron chi connectivity index (χ3n) is 3.50. The van der Waals surface area contributed by atoms with E-state index in [1.165, 1.54) is 0 Å².